The fourth-order valence-electron chi connectivity index (χ4n) is 2.89. The Morgan fingerprint density at radius 3 is 2.55 bits per heavy atom. The quantitative estimate of drug-likeness (QED) is 0.766. The number of anilines is 1. The van der Waals surface area contributed by atoms with E-state index in [1.165, 1.54) is 21.4 Å². The number of aryl methyl sites for hydroxylation is 1. The van der Waals surface area contributed by atoms with Gasteiger partial charge in [0.2, 0.25) is 5.91 Å². The van der Waals surface area contributed by atoms with Crippen LogP contribution in [0.2, 0.25) is 0 Å². The summed E-state index contributed by atoms with van der Waals surface area (Å²) in [5, 5.41) is 2.35. The maximum absolute atomic E-state index is 12.7. The normalized spacial score (nSPS) is 18.1. The lowest BCUT2D eigenvalue weighted by atomic mass is 9.99. The van der Waals surface area contributed by atoms with Gasteiger partial charge in [0, 0.05) is 32.5 Å². The molecule has 1 amide bonds. The van der Waals surface area contributed by atoms with E-state index in [4.69, 9.17) is 0 Å². The van der Waals surface area contributed by atoms with Gasteiger partial charge < -0.3 is 9.88 Å². The Morgan fingerprint density at radius 2 is 2.00 bits per heavy atom. The number of carbonyl (C=O) groups excluding carboxylic acids is 1. The van der Waals surface area contributed by atoms with Crippen molar-refractivity contribution in [2.45, 2.75) is 24.0 Å². The summed E-state index contributed by atoms with van der Waals surface area (Å²) in [5.41, 5.74) is -0.921. The minimum Gasteiger partial charge on any atom is -0.339 e. The Bertz CT molecular complexity index is 963. The van der Waals surface area contributed by atoms with E-state index in [-0.39, 0.29) is 36.3 Å². The molecule has 0 saturated carbocycles. The second-order valence-corrected chi connectivity index (χ2v) is 8.38. The highest BCUT2D eigenvalue weighted by atomic mass is 35.5. The second-order valence-electron chi connectivity index (χ2n) is 6.50. The van der Waals surface area contributed by atoms with Crippen LogP contribution in [0.3, 0.4) is 0 Å². The van der Waals surface area contributed by atoms with Gasteiger partial charge in [0.05, 0.1) is 17.8 Å². The number of amides is 1. The molecule has 3 rings (SSSR count). The molecule has 29 heavy (non-hydrogen) atoms. The van der Waals surface area contributed by atoms with Crippen molar-refractivity contribution in [1.82, 2.24) is 18.8 Å². The van der Waals surface area contributed by atoms with E-state index in [2.05, 4.69) is 15.3 Å². The van der Waals surface area contributed by atoms with Crippen molar-refractivity contribution in [3.05, 3.63) is 36.4 Å². The third-order valence-electron chi connectivity index (χ3n) is 4.38. The molecule has 1 fully saturated rings. The van der Waals surface area contributed by atoms with Crippen LogP contribution < -0.4 is 5.32 Å². The van der Waals surface area contributed by atoms with Crippen LogP contribution in [-0.2, 0) is 28.0 Å². The lowest BCUT2D eigenvalue weighted by Gasteiger charge is -2.30. The number of aromatic nitrogens is 3. The van der Waals surface area contributed by atoms with Gasteiger partial charge in [-0.05, 0) is 25.0 Å². The van der Waals surface area contributed by atoms with Crippen LogP contribution in [0.25, 0.3) is 0 Å². The van der Waals surface area contributed by atoms with Crippen LogP contribution in [0, 0.1) is 5.92 Å². The van der Waals surface area contributed by atoms with Gasteiger partial charge in [0.15, 0.2) is 5.03 Å². The van der Waals surface area contributed by atoms with Crippen molar-refractivity contribution in [3.63, 3.8) is 0 Å². The molecule has 8 nitrogen and oxygen atoms in total. The Hall–Kier alpha value is -2.18. The van der Waals surface area contributed by atoms with Crippen LogP contribution in [0.5, 0.6) is 0 Å². The van der Waals surface area contributed by atoms with Gasteiger partial charge in [0.25, 0.3) is 10.0 Å². The fourth-order valence-corrected chi connectivity index (χ4v) is 4.38. The molecule has 3 heterocycles. The van der Waals surface area contributed by atoms with Crippen molar-refractivity contribution < 1.29 is 26.4 Å². The summed E-state index contributed by atoms with van der Waals surface area (Å²) >= 11 is 0. The lowest BCUT2D eigenvalue weighted by Crippen LogP contribution is -2.43. The number of nitrogens with one attached hydrogen (secondary N) is 1. The summed E-state index contributed by atoms with van der Waals surface area (Å²) in [4.78, 5) is 19.9. The van der Waals surface area contributed by atoms with E-state index in [0.717, 1.165) is 12.1 Å². The first-order chi connectivity index (χ1) is 13.1. The number of carbonyl (C=O) groups is 1. The number of nitrogens with zero attached hydrogens (tertiary/aromatic N) is 4. The van der Waals surface area contributed by atoms with Gasteiger partial charge in [-0.25, -0.2) is 18.4 Å². The maximum Gasteiger partial charge on any atom is 0.417 e. The average Bonchev–Trinajstić information content (AvgIpc) is 3.09. The summed E-state index contributed by atoms with van der Waals surface area (Å²) in [6.45, 7) is 0.229. The molecule has 0 bridgehead atoms. The number of pyridine rings is 1. The minimum absolute atomic E-state index is 0. The van der Waals surface area contributed by atoms with Gasteiger partial charge in [-0.2, -0.15) is 17.5 Å². The molecule has 0 radical (unpaired) electrons. The summed E-state index contributed by atoms with van der Waals surface area (Å²) in [7, 11) is -2.17. The molecular weight excluding hydrogens is 435 g/mol. The van der Waals surface area contributed by atoms with Crippen LogP contribution in [0.4, 0.5) is 19.0 Å². The molecule has 0 spiro atoms. The standard InChI is InChI=1S/C16H18F3N5O3S.ClH/c1-23-9-14(21-10-23)28(26,27)24-6-2-3-11(8-24)15(25)22-13-5-4-12(7-20-13)16(17,18)19;/h4-5,7,9-11H,2-3,6,8H2,1H3,(H,20,22,25);1H/t11-;/m1./s1. The van der Waals surface area contributed by atoms with Gasteiger partial charge >= 0.3 is 6.18 Å². The number of hydrogen-bond acceptors (Lipinski definition) is 5. The Morgan fingerprint density at radius 1 is 1.28 bits per heavy atom. The molecule has 2 aromatic heterocycles. The SMILES string of the molecule is Cl.Cn1cnc(S(=O)(=O)N2CCC[C@@H](C(=O)Nc3ccc(C(F)(F)F)cn3)C2)c1. The van der Waals surface area contributed by atoms with E-state index in [1.807, 2.05) is 0 Å². The smallest absolute Gasteiger partial charge is 0.339 e. The van der Waals surface area contributed by atoms with Crippen molar-refractivity contribution in [1.29, 1.82) is 0 Å². The summed E-state index contributed by atoms with van der Waals surface area (Å²) < 4.78 is 65.7. The van der Waals surface area contributed by atoms with Crippen LogP contribution in [0.1, 0.15) is 18.4 Å². The first kappa shape index (κ1) is 23.1. The molecule has 1 N–H and O–H groups in total. The molecule has 1 atom stereocenters. The van der Waals surface area contributed by atoms with Gasteiger partial charge in [-0.1, -0.05) is 0 Å². The van der Waals surface area contributed by atoms with Crippen LogP contribution in [-0.4, -0.2) is 46.3 Å². The van der Waals surface area contributed by atoms with Gasteiger partial charge in [-0.15, -0.1) is 12.4 Å². The first-order valence-electron chi connectivity index (χ1n) is 8.39. The van der Waals surface area contributed by atoms with Crippen molar-refractivity contribution in [3.8, 4) is 0 Å². The van der Waals surface area contributed by atoms with E-state index in [1.54, 1.807) is 7.05 Å². The fraction of sp³-hybridized carbons (Fsp3) is 0.438. The number of piperidine rings is 1. The highest BCUT2D eigenvalue weighted by molar-refractivity contribution is 7.89. The Labute approximate surface area is 171 Å². The number of rotatable bonds is 4. The third-order valence-corrected chi connectivity index (χ3v) is 6.13. The Balaban J connectivity index is 0.00000300. The molecule has 1 aliphatic rings. The highest BCUT2D eigenvalue weighted by Gasteiger charge is 2.35. The molecule has 1 aliphatic heterocycles. The highest BCUT2D eigenvalue weighted by Crippen LogP contribution is 2.29. The molecule has 0 unspecified atom stereocenters. The zero-order valence-corrected chi connectivity index (χ0v) is 16.9. The minimum atomic E-state index is -4.51. The van der Waals surface area contributed by atoms with E-state index < -0.39 is 33.6 Å². The van der Waals surface area contributed by atoms with Crippen molar-refractivity contribution in [2.75, 3.05) is 18.4 Å². The van der Waals surface area contributed by atoms with Gasteiger partial charge in [0.1, 0.15) is 5.82 Å². The predicted octanol–water partition coefficient (Wildman–Crippen LogP) is 2.30. The van der Waals surface area contributed by atoms with Crippen molar-refractivity contribution >= 4 is 34.2 Å². The summed E-state index contributed by atoms with van der Waals surface area (Å²) in [6, 6.07) is 1.88. The Kier molecular flexibility index (Phi) is 6.91. The molecule has 2 aromatic rings. The van der Waals surface area contributed by atoms with E-state index in [9.17, 15) is 26.4 Å². The molecular formula is C16H19ClF3N5O3S. The largest absolute Gasteiger partial charge is 0.417 e. The monoisotopic (exact) mass is 453 g/mol. The average molecular weight is 454 g/mol. The maximum atomic E-state index is 12.7. The number of sulfonamides is 1. The first-order valence-corrected chi connectivity index (χ1v) is 9.83. The van der Waals surface area contributed by atoms with Gasteiger partial charge in [-0.3, -0.25) is 4.79 Å². The number of imidazole rings is 1. The molecule has 13 heteroatoms. The molecule has 0 aliphatic carbocycles. The van der Waals surface area contributed by atoms with Crippen LogP contribution in [0.15, 0.2) is 35.9 Å². The second kappa shape index (κ2) is 8.67. The van der Waals surface area contributed by atoms with Crippen LogP contribution >= 0.6 is 12.4 Å². The third kappa shape index (κ3) is 5.25. The zero-order valence-electron chi connectivity index (χ0n) is 15.3. The summed E-state index contributed by atoms with van der Waals surface area (Å²) in [5.74, 6) is -1.16. The van der Waals surface area contributed by atoms with E-state index >= 15 is 0 Å². The zero-order chi connectivity index (χ0) is 20.5. The van der Waals surface area contributed by atoms with Crippen molar-refractivity contribution in [2.24, 2.45) is 13.0 Å². The van der Waals surface area contributed by atoms with E-state index in [0.29, 0.717) is 19.0 Å². The lowest BCUT2D eigenvalue weighted by molar-refractivity contribution is -0.137. The molecule has 0 aromatic carbocycles. The topological polar surface area (TPSA) is 97.2 Å². The number of alkyl halides is 3. The number of halogens is 4. The number of hydrogen-bond donors (Lipinski definition) is 1. The summed E-state index contributed by atoms with van der Waals surface area (Å²) in [6.07, 6.45) is -0.193. The predicted molar refractivity (Wildman–Crippen MR) is 99.8 cm³/mol. The molecule has 160 valence electrons. The molecule has 1 saturated heterocycles.